The van der Waals surface area contributed by atoms with Gasteiger partial charge in [-0.05, 0) is 43.6 Å². The number of aliphatic carboxylic acids is 1. The largest absolute Gasteiger partial charge is 0.481 e. The van der Waals surface area contributed by atoms with Crippen LogP contribution < -0.4 is 5.32 Å². The van der Waals surface area contributed by atoms with E-state index in [-0.39, 0.29) is 17.9 Å². The van der Waals surface area contributed by atoms with E-state index in [0.717, 1.165) is 32.2 Å². The topological polar surface area (TPSA) is 69.6 Å². The summed E-state index contributed by atoms with van der Waals surface area (Å²) in [6, 6.07) is 0.397. The normalized spacial score (nSPS) is 31.2. The zero-order valence-corrected chi connectivity index (χ0v) is 11.8. The average Bonchev–Trinajstić information content (AvgIpc) is 2.29. The molecule has 4 heteroatoms. The van der Waals surface area contributed by atoms with Crippen molar-refractivity contribution in [3.05, 3.63) is 0 Å². The molecule has 0 aromatic rings. The van der Waals surface area contributed by atoms with E-state index in [4.69, 9.17) is 5.11 Å². The monoisotopic (exact) mass is 257 g/mol. The Hall–Kier alpha value is -0.610. The minimum Gasteiger partial charge on any atom is -0.481 e. The number of carbonyl (C=O) groups is 1. The van der Waals surface area contributed by atoms with Gasteiger partial charge in [-0.3, -0.25) is 4.79 Å². The number of unbranched alkanes of at least 4 members (excludes halogenated alkanes) is 1. The van der Waals surface area contributed by atoms with Gasteiger partial charge in [0.25, 0.3) is 0 Å². The third kappa shape index (κ3) is 3.45. The Kier molecular flexibility index (Phi) is 5.60. The zero-order valence-electron chi connectivity index (χ0n) is 11.8. The third-order valence-electron chi connectivity index (χ3n) is 4.73. The molecular weight excluding hydrogens is 230 g/mol. The molecule has 0 aromatic heterocycles. The summed E-state index contributed by atoms with van der Waals surface area (Å²) < 4.78 is 0. The van der Waals surface area contributed by atoms with Crippen molar-refractivity contribution in [3.8, 4) is 0 Å². The van der Waals surface area contributed by atoms with Crippen LogP contribution in [0.4, 0.5) is 0 Å². The highest BCUT2D eigenvalue weighted by Crippen LogP contribution is 2.44. The maximum Gasteiger partial charge on any atom is 0.307 e. The SMILES string of the molecule is CC1C(NCCCCO)CCC(C(=O)O)C1(C)C. The van der Waals surface area contributed by atoms with Crippen LogP contribution in [0.2, 0.25) is 0 Å². The van der Waals surface area contributed by atoms with E-state index in [0.29, 0.717) is 12.0 Å². The number of hydrogen-bond donors (Lipinski definition) is 3. The number of aliphatic hydroxyl groups is 1. The fraction of sp³-hybridized carbons (Fsp3) is 0.929. The highest BCUT2D eigenvalue weighted by molar-refractivity contribution is 5.71. The molecule has 0 saturated heterocycles. The lowest BCUT2D eigenvalue weighted by Gasteiger charge is -2.46. The number of nitrogens with one attached hydrogen (secondary N) is 1. The van der Waals surface area contributed by atoms with E-state index in [1.54, 1.807) is 0 Å². The average molecular weight is 257 g/mol. The molecule has 0 heterocycles. The highest BCUT2D eigenvalue weighted by atomic mass is 16.4. The van der Waals surface area contributed by atoms with Crippen LogP contribution in [0.5, 0.6) is 0 Å². The van der Waals surface area contributed by atoms with E-state index in [1.807, 2.05) is 0 Å². The molecule has 1 fully saturated rings. The Morgan fingerprint density at radius 1 is 1.33 bits per heavy atom. The van der Waals surface area contributed by atoms with E-state index in [2.05, 4.69) is 26.1 Å². The van der Waals surface area contributed by atoms with Gasteiger partial charge in [0.1, 0.15) is 0 Å². The summed E-state index contributed by atoms with van der Waals surface area (Å²) in [7, 11) is 0. The van der Waals surface area contributed by atoms with Crippen LogP contribution >= 0.6 is 0 Å². The molecule has 0 aromatic carbocycles. The van der Waals surface area contributed by atoms with Gasteiger partial charge in [0.2, 0.25) is 0 Å². The first-order valence-electron chi connectivity index (χ1n) is 6.98. The Bertz CT molecular complexity index is 278. The zero-order chi connectivity index (χ0) is 13.8. The molecule has 0 amide bonds. The Balaban J connectivity index is 2.52. The fourth-order valence-corrected chi connectivity index (χ4v) is 3.05. The van der Waals surface area contributed by atoms with E-state index in [1.165, 1.54) is 0 Å². The highest BCUT2D eigenvalue weighted by Gasteiger charge is 2.45. The second-order valence-corrected chi connectivity index (χ2v) is 6.07. The van der Waals surface area contributed by atoms with Crippen molar-refractivity contribution >= 4 is 5.97 Å². The van der Waals surface area contributed by atoms with Crippen LogP contribution in [0.25, 0.3) is 0 Å². The lowest BCUT2D eigenvalue weighted by Crippen LogP contribution is -2.51. The van der Waals surface area contributed by atoms with Crippen molar-refractivity contribution < 1.29 is 15.0 Å². The summed E-state index contributed by atoms with van der Waals surface area (Å²) >= 11 is 0. The van der Waals surface area contributed by atoms with Crippen LogP contribution in [0.1, 0.15) is 46.5 Å². The summed E-state index contributed by atoms with van der Waals surface area (Å²) in [5, 5.41) is 21.5. The quantitative estimate of drug-likeness (QED) is 0.635. The van der Waals surface area contributed by atoms with Gasteiger partial charge in [-0.1, -0.05) is 20.8 Å². The summed E-state index contributed by atoms with van der Waals surface area (Å²) in [6.07, 6.45) is 3.49. The van der Waals surface area contributed by atoms with E-state index in [9.17, 15) is 9.90 Å². The molecule has 0 aliphatic heterocycles. The molecule has 0 bridgehead atoms. The van der Waals surface area contributed by atoms with Gasteiger partial charge in [-0.25, -0.2) is 0 Å². The number of aliphatic hydroxyl groups excluding tert-OH is 1. The standard InChI is InChI=1S/C14H27NO3/c1-10-12(15-8-4-5-9-16)7-6-11(13(17)18)14(10,2)3/h10-12,15-16H,4-9H2,1-3H3,(H,17,18). The van der Waals surface area contributed by atoms with E-state index < -0.39 is 5.97 Å². The molecule has 3 unspecified atom stereocenters. The number of carboxylic acids is 1. The molecular formula is C14H27NO3. The van der Waals surface area contributed by atoms with Crippen molar-refractivity contribution in [2.75, 3.05) is 13.2 Å². The van der Waals surface area contributed by atoms with Crippen molar-refractivity contribution in [1.82, 2.24) is 5.32 Å². The first-order chi connectivity index (χ1) is 8.41. The molecule has 4 nitrogen and oxygen atoms in total. The van der Waals surface area contributed by atoms with Gasteiger partial charge < -0.3 is 15.5 Å². The smallest absolute Gasteiger partial charge is 0.307 e. The van der Waals surface area contributed by atoms with Crippen molar-refractivity contribution in [2.45, 2.75) is 52.5 Å². The van der Waals surface area contributed by atoms with Gasteiger partial charge in [0.05, 0.1) is 5.92 Å². The summed E-state index contributed by atoms with van der Waals surface area (Å²) in [5.41, 5.74) is -0.168. The third-order valence-corrected chi connectivity index (χ3v) is 4.73. The Morgan fingerprint density at radius 2 is 2.00 bits per heavy atom. The summed E-state index contributed by atoms with van der Waals surface area (Å²) in [4.78, 5) is 11.3. The molecule has 0 spiro atoms. The van der Waals surface area contributed by atoms with Gasteiger partial charge in [0.15, 0.2) is 0 Å². The number of carboxylic acid groups (broad SMARTS) is 1. The molecule has 3 atom stereocenters. The number of hydrogen-bond acceptors (Lipinski definition) is 3. The molecule has 1 rings (SSSR count). The second kappa shape index (κ2) is 6.53. The lowest BCUT2D eigenvalue weighted by molar-refractivity contribution is -0.150. The van der Waals surface area contributed by atoms with Crippen molar-refractivity contribution in [3.63, 3.8) is 0 Å². The Morgan fingerprint density at radius 3 is 2.56 bits per heavy atom. The lowest BCUT2D eigenvalue weighted by atomic mass is 9.61. The van der Waals surface area contributed by atoms with Crippen LogP contribution in [0.3, 0.4) is 0 Å². The minimum atomic E-state index is -0.661. The Labute approximate surface area is 110 Å². The fourth-order valence-electron chi connectivity index (χ4n) is 3.05. The van der Waals surface area contributed by atoms with Crippen LogP contribution in [0, 0.1) is 17.3 Å². The maximum absolute atomic E-state index is 11.3. The van der Waals surface area contributed by atoms with Crippen LogP contribution in [-0.4, -0.2) is 35.4 Å². The van der Waals surface area contributed by atoms with Gasteiger partial charge in [-0.2, -0.15) is 0 Å². The van der Waals surface area contributed by atoms with Crippen molar-refractivity contribution in [2.24, 2.45) is 17.3 Å². The summed E-state index contributed by atoms with van der Waals surface area (Å²) in [5.74, 6) is -0.546. The predicted molar refractivity (Wildman–Crippen MR) is 71.4 cm³/mol. The molecule has 106 valence electrons. The first kappa shape index (κ1) is 15.4. The van der Waals surface area contributed by atoms with Crippen molar-refractivity contribution in [1.29, 1.82) is 0 Å². The predicted octanol–water partition coefficient (Wildman–Crippen LogP) is 1.87. The maximum atomic E-state index is 11.3. The van der Waals surface area contributed by atoms with Gasteiger partial charge >= 0.3 is 5.97 Å². The minimum absolute atomic E-state index is 0.168. The molecule has 1 saturated carbocycles. The summed E-state index contributed by atoms with van der Waals surface area (Å²) in [6.45, 7) is 7.44. The molecule has 0 radical (unpaired) electrons. The number of rotatable bonds is 6. The molecule has 1 aliphatic carbocycles. The first-order valence-corrected chi connectivity index (χ1v) is 6.98. The van der Waals surface area contributed by atoms with Crippen LogP contribution in [-0.2, 0) is 4.79 Å². The molecule has 1 aliphatic rings. The van der Waals surface area contributed by atoms with Gasteiger partial charge in [0, 0.05) is 12.6 Å². The van der Waals surface area contributed by atoms with Gasteiger partial charge in [-0.15, -0.1) is 0 Å². The molecule has 3 N–H and O–H groups in total. The van der Waals surface area contributed by atoms with E-state index >= 15 is 0 Å². The van der Waals surface area contributed by atoms with Crippen LogP contribution in [0.15, 0.2) is 0 Å². The molecule has 18 heavy (non-hydrogen) atoms. The second-order valence-electron chi connectivity index (χ2n) is 6.07.